The molecule has 5 aliphatic carbocycles. The molecule has 0 aromatic rings. The average Bonchev–Trinajstić information content (AvgIpc) is 2.97. The molecule has 0 bridgehead atoms. The lowest BCUT2D eigenvalue weighted by Crippen LogP contribution is -2.68. The molecule has 5 fully saturated rings. The first-order chi connectivity index (χ1) is 22.2. The normalized spacial score (nSPS) is 50.9. The maximum absolute atomic E-state index is 13.0. The molecular formula is C38H61NO9. The monoisotopic (exact) mass is 675 g/mol. The molecule has 0 spiro atoms. The van der Waals surface area contributed by atoms with Crippen molar-refractivity contribution in [3.8, 4) is 0 Å². The number of nitrogens with one attached hydrogen (secondary N) is 1. The Balaban J connectivity index is 1.31. The number of hydrogen-bond donors (Lipinski definition) is 6. The smallest absolute Gasteiger partial charge is 0.312 e. The lowest BCUT2D eigenvalue weighted by molar-refractivity contribution is -0.307. The van der Waals surface area contributed by atoms with Crippen molar-refractivity contribution in [2.24, 2.45) is 50.2 Å². The minimum atomic E-state index is -1.37. The fourth-order valence-corrected chi connectivity index (χ4v) is 12.7. The van der Waals surface area contributed by atoms with Gasteiger partial charge in [0.05, 0.1) is 18.8 Å². The number of carboxylic acid groups (broad SMARTS) is 1. The first kappa shape index (κ1) is 36.2. The lowest BCUT2D eigenvalue weighted by Gasteiger charge is -2.71. The summed E-state index contributed by atoms with van der Waals surface area (Å²) in [5.74, 6) is -0.798. The van der Waals surface area contributed by atoms with Gasteiger partial charge in [0.15, 0.2) is 6.29 Å². The van der Waals surface area contributed by atoms with Crippen LogP contribution in [0.25, 0.3) is 0 Å². The van der Waals surface area contributed by atoms with Gasteiger partial charge in [-0.05, 0) is 103 Å². The highest BCUT2D eigenvalue weighted by Gasteiger charge is 2.71. The van der Waals surface area contributed by atoms with Crippen LogP contribution in [0.4, 0.5) is 0 Å². The van der Waals surface area contributed by atoms with Crippen LogP contribution in [-0.4, -0.2) is 86.9 Å². The Morgan fingerprint density at radius 2 is 1.62 bits per heavy atom. The molecule has 272 valence electrons. The van der Waals surface area contributed by atoms with Crippen molar-refractivity contribution in [3.63, 3.8) is 0 Å². The molecule has 1 aliphatic heterocycles. The number of aliphatic carboxylic acids is 1. The van der Waals surface area contributed by atoms with Gasteiger partial charge >= 0.3 is 5.97 Å². The second-order valence-corrected chi connectivity index (χ2v) is 18.7. The number of fused-ring (bicyclic) bond motifs is 7. The van der Waals surface area contributed by atoms with Crippen molar-refractivity contribution < 1.29 is 44.6 Å². The van der Waals surface area contributed by atoms with E-state index in [4.69, 9.17) is 9.47 Å². The Morgan fingerprint density at radius 3 is 2.25 bits per heavy atom. The van der Waals surface area contributed by atoms with Crippen LogP contribution in [0.15, 0.2) is 11.6 Å². The van der Waals surface area contributed by atoms with Gasteiger partial charge in [-0.2, -0.15) is 0 Å². The van der Waals surface area contributed by atoms with Crippen LogP contribution in [0.3, 0.4) is 0 Å². The van der Waals surface area contributed by atoms with E-state index < -0.39 is 54.7 Å². The number of ether oxygens (including phenoxy) is 2. The summed E-state index contributed by atoms with van der Waals surface area (Å²) in [6.45, 7) is 17.0. The standard InChI is InChI=1S/C38H61NO9/c1-20(41)39-28-30(44)29(43)23(19-40)47-31(28)48-27-12-13-35(6)24(34(27,4)5)11-14-36(7)25(35)10-9-21-22-17-33(2,3)15-16-38(22,32(45)46)26(42)18-37(21,36)8/h9,22-31,40,42-44H,10-19H2,1-8H3,(H,39,41)(H,45,46)/t22-,23+,24-,25+,26+,27-,28+,29+,30+,31-,35-,36+,37+,38+/m0/s1. The number of carboxylic acids is 1. The van der Waals surface area contributed by atoms with Gasteiger partial charge in [0.1, 0.15) is 29.8 Å². The van der Waals surface area contributed by atoms with E-state index in [0.717, 1.165) is 44.9 Å². The van der Waals surface area contributed by atoms with Crippen molar-refractivity contribution in [2.45, 2.75) is 156 Å². The van der Waals surface area contributed by atoms with Gasteiger partial charge in [-0.1, -0.05) is 60.1 Å². The molecule has 1 amide bonds. The molecular weight excluding hydrogens is 614 g/mol. The lowest BCUT2D eigenvalue weighted by atomic mass is 9.33. The third-order valence-corrected chi connectivity index (χ3v) is 15.6. The molecule has 6 rings (SSSR count). The predicted molar refractivity (Wildman–Crippen MR) is 178 cm³/mol. The van der Waals surface area contributed by atoms with Crippen LogP contribution in [0.1, 0.15) is 113 Å². The molecule has 0 aromatic carbocycles. The first-order valence-electron chi connectivity index (χ1n) is 18.4. The number of rotatable bonds is 5. The summed E-state index contributed by atoms with van der Waals surface area (Å²) in [6.07, 6.45) is 3.42. The Labute approximate surface area is 286 Å². The van der Waals surface area contributed by atoms with Crippen LogP contribution >= 0.6 is 0 Å². The fraction of sp³-hybridized carbons (Fsp3) is 0.895. The molecule has 6 aliphatic rings. The van der Waals surface area contributed by atoms with Crippen LogP contribution in [0.2, 0.25) is 0 Å². The Kier molecular flexibility index (Phi) is 8.86. The highest BCUT2D eigenvalue weighted by atomic mass is 16.7. The third-order valence-electron chi connectivity index (χ3n) is 15.6. The highest BCUT2D eigenvalue weighted by molar-refractivity contribution is 5.77. The number of carbonyl (C=O) groups is 2. The fourth-order valence-electron chi connectivity index (χ4n) is 12.7. The van der Waals surface area contributed by atoms with Crippen LogP contribution in [0, 0.1) is 50.2 Å². The molecule has 6 N–H and O–H groups in total. The summed E-state index contributed by atoms with van der Waals surface area (Å²) in [6, 6.07) is -0.985. The quantitative estimate of drug-likeness (QED) is 0.185. The molecule has 10 heteroatoms. The number of carbonyl (C=O) groups excluding carboxylic acids is 1. The maximum atomic E-state index is 13.0. The summed E-state index contributed by atoms with van der Waals surface area (Å²) < 4.78 is 12.7. The van der Waals surface area contributed by atoms with Gasteiger partial charge in [-0.25, -0.2) is 0 Å². The van der Waals surface area contributed by atoms with Gasteiger partial charge in [0, 0.05) is 6.92 Å². The topological polar surface area (TPSA) is 166 Å². The zero-order valence-electron chi connectivity index (χ0n) is 30.3. The van der Waals surface area contributed by atoms with Gasteiger partial charge < -0.3 is 40.3 Å². The Bertz CT molecular complexity index is 1330. The van der Waals surface area contributed by atoms with Gasteiger partial charge in [0.25, 0.3) is 0 Å². The first-order valence-corrected chi connectivity index (χ1v) is 18.4. The van der Waals surface area contributed by atoms with E-state index in [1.54, 1.807) is 0 Å². The van der Waals surface area contributed by atoms with E-state index in [9.17, 15) is 35.1 Å². The van der Waals surface area contributed by atoms with Gasteiger partial charge in [0.2, 0.25) is 5.91 Å². The molecule has 14 atom stereocenters. The molecule has 0 aromatic heterocycles. The van der Waals surface area contributed by atoms with Crippen molar-refractivity contribution in [1.29, 1.82) is 0 Å². The maximum Gasteiger partial charge on any atom is 0.312 e. The summed E-state index contributed by atoms with van der Waals surface area (Å²) in [4.78, 5) is 25.1. The average molecular weight is 676 g/mol. The van der Waals surface area contributed by atoms with E-state index in [2.05, 4.69) is 59.9 Å². The summed E-state index contributed by atoms with van der Waals surface area (Å²) in [5, 5.41) is 56.6. The van der Waals surface area contributed by atoms with Crippen molar-refractivity contribution in [2.75, 3.05) is 6.61 Å². The molecule has 4 saturated carbocycles. The van der Waals surface area contributed by atoms with Crippen LogP contribution in [-0.2, 0) is 19.1 Å². The van der Waals surface area contributed by atoms with E-state index in [1.807, 2.05) is 0 Å². The summed E-state index contributed by atoms with van der Waals surface area (Å²) in [5.41, 5.74) is -0.648. The van der Waals surface area contributed by atoms with E-state index in [0.29, 0.717) is 18.8 Å². The zero-order valence-corrected chi connectivity index (χ0v) is 30.3. The number of amides is 1. The third kappa shape index (κ3) is 5.01. The second-order valence-electron chi connectivity index (χ2n) is 18.7. The highest BCUT2D eigenvalue weighted by Crippen LogP contribution is 2.76. The molecule has 0 unspecified atom stereocenters. The van der Waals surface area contributed by atoms with Crippen molar-refractivity contribution >= 4 is 11.9 Å². The zero-order chi connectivity index (χ0) is 35.4. The van der Waals surface area contributed by atoms with E-state index in [1.165, 1.54) is 12.5 Å². The largest absolute Gasteiger partial charge is 0.481 e. The summed E-state index contributed by atoms with van der Waals surface area (Å²) >= 11 is 0. The predicted octanol–water partition coefficient (Wildman–Crippen LogP) is 4.17. The minimum absolute atomic E-state index is 0.0124. The van der Waals surface area contributed by atoms with E-state index in [-0.39, 0.29) is 50.9 Å². The van der Waals surface area contributed by atoms with Crippen LogP contribution in [0.5, 0.6) is 0 Å². The molecule has 10 nitrogen and oxygen atoms in total. The van der Waals surface area contributed by atoms with Gasteiger partial charge in [-0.15, -0.1) is 0 Å². The van der Waals surface area contributed by atoms with Crippen LogP contribution < -0.4 is 5.32 Å². The van der Waals surface area contributed by atoms with E-state index >= 15 is 0 Å². The SMILES string of the molecule is CC(=O)N[C@H]1[C@H](O[C@H]2CC[C@]3(C)[C@H]4CC=C5[C@@H]6CC(C)(C)CC[C@]6(C(=O)O)[C@H](O)C[C@@]5(C)[C@]4(C)CC[C@H]3C2(C)C)O[C@H](CO)[C@@H](O)[C@@H]1O. The molecule has 1 heterocycles. The molecule has 0 radical (unpaired) electrons. The van der Waals surface area contributed by atoms with Crippen molar-refractivity contribution in [3.05, 3.63) is 11.6 Å². The second kappa shape index (κ2) is 11.7. The Morgan fingerprint density at radius 1 is 0.938 bits per heavy atom. The Hall–Kier alpha value is -1.56. The van der Waals surface area contributed by atoms with Crippen molar-refractivity contribution in [1.82, 2.24) is 5.32 Å². The summed E-state index contributed by atoms with van der Waals surface area (Å²) in [7, 11) is 0. The molecule has 48 heavy (non-hydrogen) atoms. The number of aliphatic hydroxyl groups excluding tert-OH is 4. The minimum Gasteiger partial charge on any atom is -0.481 e. The number of hydrogen-bond acceptors (Lipinski definition) is 8. The number of aliphatic hydroxyl groups is 4. The number of allylic oxidation sites excluding steroid dienone is 2. The molecule has 1 saturated heterocycles. The van der Waals surface area contributed by atoms with Gasteiger partial charge in [-0.3, -0.25) is 9.59 Å².